The molecule has 0 bridgehead atoms. The van der Waals surface area contributed by atoms with Gasteiger partial charge in [-0.05, 0) is 86.8 Å². The highest BCUT2D eigenvalue weighted by Gasteiger charge is 2.31. The molecular formula is C28H38N4O2. The van der Waals surface area contributed by atoms with E-state index in [1.165, 1.54) is 52.0 Å². The fourth-order valence-corrected chi connectivity index (χ4v) is 5.43. The molecule has 2 aromatic carbocycles. The van der Waals surface area contributed by atoms with E-state index in [0.717, 1.165) is 65.8 Å². The normalized spacial score (nSPS) is 21.1. The van der Waals surface area contributed by atoms with Gasteiger partial charge in [-0.25, -0.2) is 0 Å². The van der Waals surface area contributed by atoms with E-state index in [4.69, 9.17) is 4.74 Å². The number of nitrogens with zero attached hydrogens (tertiary/aromatic N) is 4. The Labute approximate surface area is 203 Å². The minimum absolute atomic E-state index is 0.113. The highest BCUT2D eigenvalue weighted by molar-refractivity contribution is 6.06. The number of likely N-dealkylation sites (N-methyl/N-ethyl adjacent to an activating group) is 1. The molecule has 3 heterocycles. The summed E-state index contributed by atoms with van der Waals surface area (Å²) in [7, 11) is 2.21. The Balaban J connectivity index is 1.15. The number of carbonyl (C=O) groups is 1. The maximum Gasteiger partial charge on any atom is 0.256 e. The zero-order chi connectivity index (χ0) is 23.5. The largest absolute Gasteiger partial charge is 0.493 e. The number of ether oxygens (including phenoxy) is 1. The summed E-state index contributed by atoms with van der Waals surface area (Å²) < 4.78 is 6.17. The van der Waals surface area contributed by atoms with E-state index in [0.29, 0.717) is 0 Å². The van der Waals surface area contributed by atoms with Gasteiger partial charge in [-0.1, -0.05) is 12.8 Å². The Morgan fingerprint density at radius 2 is 1.76 bits per heavy atom. The van der Waals surface area contributed by atoms with Crippen molar-refractivity contribution in [2.24, 2.45) is 4.99 Å². The van der Waals surface area contributed by atoms with Crippen LogP contribution in [-0.2, 0) is 0 Å². The van der Waals surface area contributed by atoms with Crippen molar-refractivity contribution in [1.82, 2.24) is 14.7 Å². The minimum Gasteiger partial charge on any atom is -0.493 e. The summed E-state index contributed by atoms with van der Waals surface area (Å²) in [4.78, 5) is 24.7. The van der Waals surface area contributed by atoms with Gasteiger partial charge in [0.1, 0.15) is 5.75 Å². The standard InChI is InChI=1S/C28H38N4O2/c1-21-16-22-17-25-26(29-20-24-8-7-10-32(24)28(25)33)18-23(22)19-27(21)34-15-6-4-3-5-9-31-13-11-30(2)12-14-31/h16-20,24H,3-15H2,1-2H3/t24-/m0/s1. The molecule has 1 amide bonds. The number of rotatable bonds is 8. The number of aliphatic imine (C=N–C) groups is 1. The van der Waals surface area contributed by atoms with Crippen molar-refractivity contribution in [3.8, 4) is 5.75 Å². The molecule has 2 aromatic rings. The molecule has 3 aliphatic heterocycles. The smallest absolute Gasteiger partial charge is 0.256 e. The molecule has 2 fully saturated rings. The van der Waals surface area contributed by atoms with E-state index in [1.807, 2.05) is 23.2 Å². The van der Waals surface area contributed by atoms with Crippen LogP contribution in [0.15, 0.2) is 29.3 Å². The van der Waals surface area contributed by atoms with Gasteiger partial charge in [-0.3, -0.25) is 9.79 Å². The second-order valence-corrected chi connectivity index (χ2v) is 10.2. The number of fused-ring (bicyclic) bond motifs is 3. The molecule has 1 atom stereocenters. The van der Waals surface area contributed by atoms with Crippen LogP contribution in [0.3, 0.4) is 0 Å². The van der Waals surface area contributed by atoms with Crippen molar-refractivity contribution in [3.05, 3.63) is 35.4 Å². The maximum atomic E-state index is 13.1. The molecule has 0 spiro atoms. The highest BCUT2D eigenvalue weighted by Crippen LogP contribution is 2.34. The van der Waals surface area contributed by atoms with E-state index < -0.39 is 0 Å². The summed E-state index contributed by atoms with van der Waals surface area (Å²) in [6, 6.07) is 8.47. The van der Waals surface area contributed by atoms with Gasteiger partial charge in [0.05, 0.1) is 23.9 Å². The third-order valence-electron chi connectivity index (χ3n) is 7.65. The molecule has 0 radical (unpaired) electrons. The average Bonchev–Trinajstić information content (AvgIpc) is 3.27. The third kappa shape index (κ3) is 5.13. The molecule has 6 nitrogen and oxygen atoms in total. The SMILES string of the molecule is Cc1cc2cc3c(cc2cc1OCCCCCCN1CCN(C)CC1)N=C[C@@H]1CCCN1C3=O. The van der Waals surface area contributed by atoms with Crippen molar-refractivity contribution >= 4 is 28.6 Å². The zero-order valence-corrected chi connectivity index (χ0v) is 20.8. The van der Waals surface area contributed by atoms with Crippen LogP contribution in [0.4, 0.5) is 5.69 Å². The van der Waals surface area contributed by atoms with E-state index in [9.17, 15) is 4.79 Å². The summed E-state index contributed by atoms with van der Waals surface area (Å²) in [6.45, 7) is 9.71. The number of carbonyl (C=O) groups excluding carboxylic acids is 1. The lowest BCUT2D eigenvalue weighted by Gasteiger charge is -2.32. The lowest BCUT2D eigenvalue weighted by atomic mass is 10.0. The fraction of sp³-hybridized carbons (Fsp3) is 0.571. The van der Waals surface area contributed by atoms with Gasteiger partial charge in [-0.15, -0.1) is 0 Å². The van der Waals surface area contributed by atoms with E-state index in [1.54, 1.807) is 0 Å². The van der Waals surface area contributed by atoms with Gasteiger partial charge in [-0.2, -0.15) is 0 Å². The van der Waals surface area contributed by atoms with Crippen molar-refractivity contribution in [2.45, 2.75) is 51.5 Å². The number of aryl methyl sites for hydroxylation is 1. The second kappa shape index (κ2) is 10.4. The Kier molecular flexibility index (Phi) is 7.16. The summed E-state index contributed by atoms with van der Waals surface area (Å²) >= 11 is 0. The van der Waals surface area contributed by atoms with Crippen LogP contribution in [0.1, 0.15) is 54.4 Å². The minimum atomic E-state index is 0.113. The predicted octanol–water partition coefficient (Wildman–Crippen LogP) is 4.66. The fourth-order valence-electron chi connectivity index (χ4n) is 5.43. The van der Waals surface area contributed by atoms with Crippen LogP contribution in [-0.4, -0.2) is 85.8 Å². The number of amides is 1. The monoisotopic (exact) mass is 462 g/mol. The summed E-state index contributed by atoms with van der Waals surface area (Å²) in [5, 5.41) is 2.16. The van der Waals surface area contributed by atoms with Gasteiger partial charge < -0.3 is 19.4 Å². The highest BCUT2D eigenvalue weighted by atomic mass is 16.5. The lowest BCUT2D eigenvalue weighted by Crippen LogP contribution is -2.44. The molecule has 182 valence electrons. The zero-order valence-electron chi connectivity index (χ0n) is 20.8. The molecule has 0 saturated carbocycles. The first kappa shape index (κ1) is 23.3. The maximum absolute atomic E-state index is 13.1. The first-order valence-electron chi connectivity index (χ1n) is 13.1. The molecule has 0 aromatic heterocycles. The molecule has 0 aliphatic carbocycles. The van der Waals surface area contributed by atoms with Crippen molar-refractivity contribution in [1.29, 1.82) is 0 Å². The van der Waals surface area contributed by atoms with Crippen molar-refractivity contribution < 1.29 is 9.53 Å². The van der Waals surface area contributed by atoms with Crippen LogP contribution >= 0.6 is 0 Å². The molecule has 2 saturated heterocycles. The number of unbranched alkanes of at least 4 members (excludes halogenated alkanes) is 3. The van der Waals surface area contributed by atoms with E-state index >= 15 is 0 Å². The van der Waals surface area contributed by atoms with Crippen LogP contribution < -0.4 is 4.74 Å². The molecule has 0 N–H and O–H groups in total. The van der Waals surface area contributed by atoms with Crippen LogP contribution in [0.2, 0.25) is 0 Å². The molecular weight excluding hydrogens is 424 g/mol. The number of hydrogen-bond acceptors (Lipinski definition) is 5. The van der Waals surface area contributed by atoms with Gasteiger partial charge in [0.25, 0.3) is 5.91 Å². The van der Waals surface area contributed by atoms with Crippen LogP contribution in [0, 0.1) is 6.92 Å². The van der Waals surface area contributed by atoms with Crippen LogP contribution in [0.25, 0.3) is 10.8 Å². The molecule has 34 heavy (non-hydrogen) atoms. The molecule has 3 aliphatic rings. The summed E-state index contributed by atoms with van der Waals surface area (Å²) in [6.07, 6.45) is 8.86. The Bertz CT molecular complexity index is 1060. The van der Waals surface area contributed by atoms with Crippen molar-refractivity contribution in [3.63, 3.8) is 0 Å². The first-order valence-corrected chi connectivity index (χ1v) is 13.1. The quantitative estimate of drug-likeness (QED) is 0.536. The van der Waals surface area contributed by atoms with Crippen molar-refractivity contribution in [2.75, 3.05) is 52.9 Å². The second-order valence-electron chi connectivity index (χ2n) is 10.2. The topological polar surface area (TPSA) is 48.4 Å². The molecule has 0 unspecified atom stereocenters. The van der Waals surface area contributed by atoms with Crippen LogP contribution in [0.5, 0.6) is 5.75 Å². The Morgan fingerprint density at radius 1 is 0.971 bits per heavy atom. The summed E-state index contributed by atoms with van der Waals surface area (Å²) in [5.74, 6) is 1.05. The van der Waals surface area contributed by atoms with E-state index in [-0.39, 0.29) is 11.9 Å². The van der Waals surface area contributed by atoms with Gasteiger partial charge in [0.2, 0.25) is 0 Å². The molecule has 6 heteroatoms. The van der Waals surface area contributed by atoms with Gasteiger partial charge in [0, 0.05) is 38.9 Å². The summed E-state index contributed by atoms with van der Waals surface area (Å²) in [5.41, 5.74) is 2.62. The average molecular weight is 463 g/mol. The van der Waals surface area contributed by atoms with E-state index in [2.05, 4.69) is 40.9 Å². The van der Waals surface area contributed by atoms with Gasteiger partial charge >= 0.3 is 0 Å². The lowest BCUT2D eigenvalue weighted by molar-refractivity contribution is 0.0775. The first-order chi connectivity index (χ1) is 16.6. The number of piperazine rings is 1. The Morgan fingerprint density at radius 3 is 2.62 bits per heavy atom. The number of hydrogen-bond donors (Lipinski definition) is 0. The number of benzene rings is 2. The molecule has 5 rings (SSSR count). The third-order valence-corrected chi connectivity index (χ3v) is 7.65. The predicted molar refractivity (Wildman–Crippen MR) is 139 cm³/mol. The van der Waals surface area contributed by atoms with Gasteiger partial charge in [0.15, 0.2) is 0 Å². The Hall–Kier alpha value is -2.44.